The third-order valence-electron chi connectivity index (χ3n) is 7.06. The molecule has 1 aromatic rings. The fourth-order valence-corrected chi connectivity index (χ4v) is 5.14. The fraction of sp³-hybridized carbons (Fsp3) is 0.741. The highest BCUT2D eigenvalue weighted by atomic mass is 16.5. The number of unbranched alkanes of at least 4 members (excludes halogenated alkanes) is 2. The Morgan fingerprint density at radius 3 is 2.59 bits per heavy atom. The zero-order valence-corrected chi connectivity index (χ0v) is 20.8. The molecule has 5 heteroatoms. The number of anilines is 1. The Morgan fingerprint density at radius 2 is 1.97 bits per heavy atom. The van der Waals surface area contributed by atoms with E-state index in [1.807, 2.05) is 13.0 Å². The smallest absolute Gasteiger partial charge is 0.328 e. The lowest BCUT2D eigenvalue weighted by Crippen LogP contribution is -2.42. The molecular formula is C27H45NO4. The van der Waals surface area contributed by atoms with E-state index in [1.165, 1.54) is 25.7 Å². The molecule has 1 fully saturated rings. The summed E-state index contributed by atoms with van der Waals surface area (Å²) < 4.78 is 5.21. The second-order valence-corrected chi connectivity index (χ2v) is 10.1. The second-order valence-electron chi connectivity index (χ2n) is 10.1. The first-order valence-corrected chi connectivity index (χ1v) is 12.7. The summed E-state index contributed by atoms with van der Waals surface area (Å²) in [4.78, 5) is 12.2. The molecule has 1 saturated carbocycles. The Morgan fingerprint density at radius 1 is 1.22 bits per heavy atom. The normalized spacial score (nSPS) is 27.0. The number of hydrogen-bond acceptors (Lipinski definition) is 5. The van der Waals surface area contributed by atoms with Gasteiger partial charge in [-0.05, 0) is 80.0 Å². The van der Waals surface area contributed by atoms with Crippen molar-refractivity contribution in [3.63, 3.8) is 0 Å². The second kappa shape index (κ2) is 13.1. The van der Waals surface area contributed by atoms with E-state index in [1.54, 1.807) is 12.1 Å². The summed E-state index contributed by atoms with van der Waals surface area (Å²) in [6, 6.07) is 4.99. The van der Waals surface area contributed by atoms with Crippen LogP contribution in [0.5, 0.6) is 5.75 Å². The van der Waals surface area contributed by atoms with Crippen LogP contribution >= 0.6 is 0 Å². The Bertz CT molecular complexity index is 705. The van der Waals surface area contributed by atoms with E-state index >= 15 is 0 Å². The van der Waals surface area contributed by atoms with Gasteiger partial charge in [-0.15, -0.1) is 0 Å². The van der Waals surface area contributed by atoms with Gasteiger partial charge in [-0.25, -0.2) is 4.79 Å². The van der Waals surface area contributed by atoms with E-state index in [0.29, 0.717) is 18.4 Å². The van der Waals surface area contributed by atoms with Crippen molar-refractivity contribution in [2.75, 3.05) is 11.9 Å². The maximum atomic E-state index is 12.2. The lowest BCUT2D eigenvalue weighted by atomic mass is 9.75. The molecule has 3 N–H and O–H groups in total. The molecule has 0 aromatic heterocycles. The van der Waals surface area contributed by atoms with Gasteiger partial charge in [0.05, 0.1) is 12.7 Å². The van der Waals surface area contributed by atoms with Gasteiger partial charge in [-0.1, -0.05) is 53.4 Å². The lowest BCUT2D eigenvalue weighted by molar-refractivity contribution is -0.145. The van der Waals surface area contributed by atoms with Gasteiger partial charge in [-0.3, -0.25) is 0 Å². The van der Waals surface area contributed by atoms with E-state index in [-0.39, 0.29) is 29.8 Å². The minimum absolute atomic E-state index is 0.0289. The van der Waals surface area contributed by atoms with Crippen molar-refractivity contribution in [1.82, 2.24) is 0 Å². The minimum atomic E-state index is -0.279. The Kier molecular flexibility index (Phi) is 10.8. The maximum Gasteiger partial charge on any atom is 0.328 e. The summed E-state index contributed by atoms with van der Waals surface area (Å²) in [5, 5.41) is 22.6. The third kappa shape index (κ3) is 7.68. The number of hydrogen-bond donors (Lipinski definition) is 3. The predicted molar refractivity (Wildman–Crippen MR) is 131 cm³/mol. The number of aliphatic hydroxyl groups is 1. The number of esters is 1. The number of benzene rings is 1. The van der Waals surface area contributed by atoms with Crippen LogP contribution in [0.1, 0.15) is 85.1 Å². The number of carbonyl (C=O) groups is 1. The monoisotopic (exact) mass is 447 g/mol. The number of phenols is 1. The highest BCUT2D eigenvalue weighted by molar-refractivity contribution is 5.81. The van der Waals surface area contributed by atoms with Crippen LogP contribution in [0.25, 0.3) is 0 Å². The van der Waals surface area contributed by atoms with Gasteiger partial charge in [0.1, 0.15) is 11.8 Å². The number of ether oxygens (including phenoxy) is 1. The molecule has 1 heterocycles. The van der Waals surface area contributed by atoms with Crippen LogP contribution in [0.15, 0.2) is 18.2 Å². The van der Waals surface area contributed by atoms with Crippen molar-refractivity contribution in [1.29, 1.82) is 0 Å². The molecule has 3 rings (SSSR count). The summed E-state index contributed by atoms with van der Waals surface area (Å²) in [5.74, 6) is 2.28. The van der Waals surface area contributed by atoms with E-state index < -0.39 is 0 Å². The van der Waals surface area contributed by atoms with Gasteiger partial charge < -0.3 is 20.3 Å². The number of aromatic hydroxyl groups is 1. The van der Waals surface area contributed by atoms with Gasteiger partial charge in [0.15, 0.2) is 0 Å². The van der Waals surface area contributed by atoms with E-state index in [9.17, 15) is 15.0 Å². The SMILES string of the molecule is CC(C)C1CC[C@@H](C)CC1O.CCCCC[C@@H]1Cc2cc(O)ccc2N[C@@H]1C(=O)OCC. The molecule has 2 unspecified atom stereocenters. The van der Waals surface area contributed by atoms with Crippen LogP contribution in [0, 0.1) is 23.7 Å². The molecule has 2 aliphatic rings. The average Bonchev–Trinajstić information content (AvgIpc) is 2.73. The van der Waals surface area contributed by atoms with Gasteiger partial charge in [0.2, 0.25) is 0 Å². The van der Waals surface area contributed by atoms with Gasteiger partial charge in [-0.2, -0.15) is 0 Å². The summed E-state index contributed by atoms with van der Waals surface area (Å²) in [6.45, 7) is 11.1. The van der Waals surface area contributed by atoms with Crippen molar-refractivity contribution in [2.45, 2.75) is 98.1 Å². The van der Waals surface area contributed by atoms with Crippen LogP contribution in [0.3, 0.4) is 0 Å². The standard InChI is InChI=1S/C17H25NO3.C10H20O/c1-3-5-6-7-12-10-13-11-14(19)8-9-15(13)18-16(12)17(20)21-4-2;1-7(2)9-5-4-8(3)6-10(9)11/h8-9,11-12,16,18-19H,3-7,10H2,1-2H3;7-11H,4-6H2,1-3H3/t12-,16+;8-,9?,10?/m11/s1. The zero-order chi connectivity index (χ0) is 23.7. The van der Waals surface area contributed by atoms with Gasteiger partial charge in [0, 0.05) is 5.69 Å². The third-order valence-corrected chi connectivity index (χ3v) is 7.06. The van der Waals surface area contributed by atoms with Crippen LogP contribution in [0.2, 0.25) is 0 Å². The van der Waals surface area contributed by atoms with Crippen molar-refractivity contribution in [2.24, 2.45) is 23.7 Å². The zero-order valence-electron chi connectivity index (χ0n) is 20.8. The van der Waals surface area contributed by atoms with Crippen molar-refractivity contribution < 1.29 is 19.7 Å². The fourth-order valence-electron chi connectivity index (χ4n) is 5.14. The first-order chi connectivity index (χ1) is 15.3. The van der Waals surface area contributed by atoms with Crippen LogP contribution in [-0.4, -0.2) is 34.9 Å². The molecular weight excluding hydrogens is 402 g/mol. The summed E-state index contributed by atoms with van der Waals surface area (Å²) in [7, 11) is 0. The lowest BCUT2D eigenvalue weighted by Gasteiger charge is -2.33. The van der Waals surface area contributed by atoms with Gasteiger partial charge in [0.25, 0.3) is 0 Å². The molecule has 0 radical (unpaired) electrons. The quantitative estimate of drug-likeness (QED) is 0.274. The Balaban J connectivity index is 0.000000278. The molecule has 0 saturated heterocycles. The summed E-state index contributed by atoms with van der Waals surface area (Å²) >= 11 is 0. The predicted octanol–water partition coefficient (Wildman–Crippen LogP) is 5.93. The largest absolute Gasteiger partial charge is 0.508 e. The molecule has 0 amide bonds. The van der Waals surface area contributed by atoms with Crippen molar-refractivity contribution >= 4 is 11.7 Å². The summed E-state index contributed by atoms with van der Waals surface area (Å²) in [6.07, 6.45) is 8.79. The van der Waals surface area contributed by atoms with Crippen LogP contribution in [-0.2, 0) is 16.0 Å². The van der Waals surface area contributed by atoms with E-state index in [4.69, 9.17) is 4.74 Å². The molecule has 5 atom stereocenters. The number of phenolic OH excluding ortho intramolecular Hbond substituents is 1. The number of nitrogens with one attached hydrogen (secondary N) is 1. The Labute approximate surface area is 195 Å². The molecule has 1 aliphatic heterocycles. The van der Waals surface area contributed by atoms with Crippen LogP contribution < -0.4 is 5.32 Å². The summed E-state index contributed by atoms with van der Waals surface area (Å²) in [5.41, 5.74) is 2.01. The molecule has 0 bridgehead atoms. The topological polar surface area (TPSA) is 78.8 Å². The Hall–Kier alpha value is -1.75. The maximum absolute atomic E-state index is 12.2. The molecule has 1 aliphatic carbocycles. The average molecular weight is 448 g/mol. The van der Waals surface area contributed by atoms with Crippen molar-refractivity contribution in [3.05, 3.63) is 23.8 Å². The molecule has 1 aromatic carbocycles. The van der Waals surface area contributed by atoms with Gasteiger partial charge >= 0.3 is 5.97 Å². The van der Waals surface area contributed by atoms with E-state index in [2.05, 4.69) is 33.0 Å². The minimum Gasteiger partial charge on any atom is -0.508 e. The van der Waals surface area contributed by atoms with E-state index in [0.717, 1.165) is 42.9 Å². The highest BCUT2D eigenvalue weighted by Gasteiger charge is 2.34. The number of fused-ring (bicyclic) bond motifs is 1. The highest BCUT2D eigenvalue weighted by Crippen LogP contribution is 2.34. The van der Waals surface area contributed by atoms with Crippen molar-refractivity contribution in [3.8, 4) is 5.75 Å². The molecule has 32 heavy (non-hydrogen) atoms. The molecule has 182 valence electrons. The number of carbonyl (C=O) groups excluding carboxylic acids is 1. The van der Waals surface area contributed by atoms with Crippen LogP contribution in [0.4, 0.5) is 5.69 Å². The molecule has 5 nitrogen and oxygen atoms in total. The number of aliphatic hydroxyl groups excluding tert-OH is 1. The first-order valence-electron chi connectivity index (χ1n) is 12.7. The molecule has 0 spiro atoms. The number of rotatable bonds is 7. The first kappa shape index (κ1) is 26.5.